The van der Waals surface area contributed by atoms with Crippen molar-refractivity contribution in [1.82, 2.24) is 9.55 Å². The number of ether oxygens (including phenoxy) is 1. The molecule has 0 radical (unpaired) electrons. The lowest BCUT2D eigenvalue weighted by atomic mass is 10.0. The summed E-state index contributed by atoms with van der Waals surface area (Å²) >= 11 is 6.19. The van der Waals surface area contributed by atoms with Crippen LogP contribution in [-0.2, 0) is 11.3 Å². The highest BCUT2D eigenvalue weighted by atomic mass is 35.5. The molecule has 28 heavy (non-hydrogen) atoms. The minimum absolute atomic E-state index is 0.0570. The van der Waals surface area contributed by atoms with Crippen molar-refractivity contribution >= 4 is 34.0 Å². The van der Waals surface area contributed by atoms with Crippen LogP contribution in [0.2, 0.25) is 5.02 Å². The van der Waals surface area contributed by atoms with Gasteiger partial charge in [-0.1, -0.05) is 11.6 Å². The maximum absolute atomic E-state index is 13.7. The van der Waals surface area contributed by atoms with E-state index in [0.717, 1.165) is 30.0 Å². The lowest BCUT2D eigenvalue weighted by molar-refractivity contribution is 0.195. The highest BCUT2D eigenvalue weighted by molar-refractivity contribution is 6.33. The summed E-state index contributed by atoms with van der Waals surface area (Å²) in [4.78, 5) is 17.6. The SMILES string of the molecule is CCn1c(=O)c(-c2cc(N)c(F)cc2Cl)cc2cnc(NC3CCOC3)cc21. The van der Waals surface area contributed by atoms with Crippen molar-refractivity contribution in [3.05, 3.63) is 51.7 Å². The summed E-state index contributed by atoms with van der Waals surface area (Å²) in [7, 11) is 0. The summed E-state index contributed by atoms with van der Waals surface area (Å²) in [5.74, 6) is 0.0834. The van der Waals surface area contributed by atoms with E-state index in [-0.39, 0.29) is 22.3 Å². The zero-order valence-electron chi connectivity index (χ0n) is 15.3. The van der Waals surface area contributed by atoms with Crippen LogP contribution < -0.4 is 16.6 Å². The minimum Gasteiger partial charge on any atom is -0.396 e. The zero-order valence-corrected chi connectivity index (χ0v) is 16.1. The Morgan fingerprint density at radius 1 is 1.36 bits per heavy atom. The van der Waals surface area contributed by atoms with Crippen molar-refractivity contribution in [2.24, 2.45) is 0 Å². The average molecular weight is 403 g/mol. The third-order valence-corrected chi connectivity index (χ3v) is 5.27. The van der Waals surface area contributed by atoms with Gasteiger partial charge < -0.3 is 20.4 Å². The summed E-state index contributed by atoms with van der Waals surface area (Å²) < 4.78 is 20.7. The molecule has 146 valence electrons. The summed E-state index contributed by atoms with van der Waals surface area (Å²) in [5.41, 5.74) is 6.93. The summed E-state index contributed by atoms with van der Waals surface area (Å²) in [6.45, 7) is 3.73. The molecule has 3 heterocycles. The minimum atomic E-state index is -0.612. The standard InChI is InChI=1S/C20H20ClFN4O2/c1-2-26-18-8-19(25-12-3-4-28-10-12)24-9-11(18)5-14(20(26)27)13-6-17(23)16(22)7-15(13)21/h5-9,12H,2-4,10,23H2,1H3,(H,24,25). The van der Waals surface area contributed by atoms with Gasteiger partial charge in [0.1, 0.15) is 11.6 Å². The van der Waals surface area contributed by atoms with E-state index in [2.05, 4.69) is 10.3 Å². The average Bonchev–Trinajstić information content (AvgIpc) is 3.17. The second-order valence-corrected chi connectivity index (χ2v) is 7.20. The molecule has 0 aliphatic carbocycles. The van der Waals surface area contributed by atoms with Crippen LogP contribution >= 0.6 is 11.6 Å². The summed E-state index contributed by atoms with van der Waals surface area (Å²) in [5, 5.41) is 4.26. The van der Waals surface area contributed by atoms with Crippen LogP contribution in [0.15, 0.2) is 35.3 Å². The van der Waals surface area contributed by atoms with Crippen molar-refractivity contribution in [3.63, 3.8) is 0 Å². The quantitative estimate of drug-likeness (QED) is 0.651. The molecule has 0 spiro atoms. The molecule has 1 fully saturated rings. The predicted octanol–water partition coefficient (Wildman–Crippen LogP) is 3.66. The van der Waals surface area contributed by atoms with E-state index in [1.165, 1.54) is 6.07 Å². The van der Waals surface area contributed by atoms with E-state index < -0.39 is 5.82 Å². The van der Waals surface area contributed by atoms with Crippen molar-refractivity contribution in [2.45, 2.75) is 25.9 Å². The Kier molecular flexibility index (Phi) is 4.95. The first-order valence-corrected chi connectivity index (χ1v) is 9.48. The number of nitrogen functional groups attached to an aromatic ring is 1. The number of fused-ring (bicyclic) bond motifs is 1. The molecule has 1 unspecified atom stereocenters. The molecule has 1 aliphatic heterocycles. The molecule has 8 heteroatoms. The molecule has 0 saturated carbocycles. The highest BCUT2D eigenvalue weighted by Crippen LogP contribution is 2.31. The Labute approximate surface area is 166 Å². The lowest BCUT2D eigenvalue weighted by Crippen LogP contribution is -2.23. The number of pyridine rings is 2. The van der Waals surface area contributed by atoms with Gasteiger partial charge in [0.15, 0.2) is 0 Å². The van der Waals surface area contributed by atoms with Gasteiger partial charge in [0, 0.05) is 41.9 Å². The molecule has 1 saturated heterocycles. The fraction of sp³-hybridized carbons (Fsp3) is 0.300. The van der Waals surface area contributed by atoms with Gasteiger partial charge in [-0.2, -0.15) is 0 Å². The Bertz CT molecular complexity index is 1110. The fourth-order valence-electron chi connectivity index (χ4n) is 3.49. The molecular weight excluding hydrogens is 383 g/mol. The first-order chi connectivity index (χ1) is 13.5. The van der Waals surface area contributed by atoms with Gasteiger partial charge in [0.25, 0.3) is 5.56 Å². The van der Waals surface area contributed by atoms with E-state index in [9.17, 15) is 9.18 Å². The van der Waals surface area contributed by atoms with E-state index in [1.807, 2.05) is 13.0 Å². The van der Waals surface area contributed by atoms with Gasteiger partial charge in [-0.05, 0) is 31.5 Å². The molecule has 0 bridgehead atoms. The smallest absolute Gasteiger partial charge is 0.258 e. The third-order valence-electron chi connectivity index (χ3n) is 4.95. The van der Waals surface area contributed by atoms with Crippen LogP contribution in [0.5, 0.6) is 0 Å². The number of nitrogens with two attached hydrogens (primary N) is 1. The van der Waals surface area contributed by atoms with Crippen LogP contribution in [0.25, 0.3) is 22.0 Å². The van der Waals surface area contributed by atoms with Gasteiger partial charge in [-0.15, -0.1) is 0 Å². The lowest BCUT2D eigenvalue weighted by Gasteiger charge is -2.15. The third kappa shape index (κ3) is 3.31. The Morgan fingerprint density at radius 2 is 2.18 bits per heavy atom. The van der Waals surface area contributed by atoms with Crippen LogP contribution in [0.4, 0.5) is 15.9 Å². The predicted molar refractivity (Wildman–Crippen MR) is 109 cm³/mol. The molecular formula is C20H20ClFN4O2. The maximum atomic E-state index is 13.7. The topological polar surface area (TPSA) is 82.2 Å². The van der Waals surface area contributed by atoms with Gasteiger partial charge in [-0.3, -0.25) is 4.79 Å². The largest absolute Gasteiger partial charge is 0.396 e. The highest BCUT2D eigenvalue weighted by Gasteiger charge is 2.18. The Morgan fingerprint density at radius 3 is 2.89 bits per heavy atom. The van der Waals surface area contributed by atoms with E-state index in [1.54, 1.807) is 16.8 Å². The molecule has 2 aromatic heterocycles. The van der Waals surface area contributed by atoms with Gasteiger partial charge >= 0.3 is 0 Å². The number of benzene rings is 1. The number of nitrogens with one attached hydrogen (secondary N) is 1. The number of hydrogen-bond acceptors (Lipinski definition) is 5. The van der Waals surface area contributed by atoms with Crippen molar-refractivity contribution in [1.29, 1.82) is 0 Å². The van der Waals surface area contributed by atoms with Crippen LogP contribution in [0.1, 0.15) is 13.3 Å². The van der Waals surface area contributed by atoms with E-state index in [4.69, 9.17) is 22.1 Å². The number of aromatic nitrogens is 2. The Hall–Kier alpha value is -2.64. The summed E-state index contributed by atoms with van der Waals surface area (Å²) in [6.07, 6.45) is 2.63. The molecule has 3 N–H and O–H groups in total. The second-order valence-electron chi connectivity index (χ2n) is 6.79. The first kappa shape index (κ1) is 18.7. The monoisotopic (exact) mass is 402 g/mol. The van der Waals surface area contributed by atoms with Crippen LogP contribution in [0, 0.1) is 5.82 Å². The van der Waals surface area contributed by atoms with E-state index in [0.29, 0.717) is 30.1 Å². The number of hydrogen-bond donors (Lipinski definition) is 2. The normalized spacial score (nSPS) is 16.6. The first-order valence-electron chi connectivity index (χ1n) is 9.10. The molecule has 1 atom stereocenters. The van der Waals surface area contributed by atoms with Gasteiger partial charge in [0.2, 0.25) is 0 Å². The number of aryl methyl sites for hydroxylation is 1. The maximum Gasteiger partial charge on any atom is 0.258 e. The van der Waals surface area contributed by atoms with Crippen molar-refractivity contribution < 1.29 is 9.13 Å². The fourth-order valence-corrected chi connectivity index (χ4v) is 3.74. The van der Waals surface area contributed by atoms with Crippen molar-refractivity contribution in [3.8, 4) is 11.1 Å². The number of halogens is 2. The van der Waals surface area contributed by atoms with E-state index >= 15 is 0 Å². The second kappa shape index (κ2) is 7.41. The number of nitrogens with zero attached hydrogens (tertiary/aromatic N) is 2. The van der Waals surface area contributed by atoms with Crippen LogP contribution in [-0.4, -0.2) is 28.8 Å². The molecule has 4 rings (SSSR count). The van der Waals surface area contributed by atoms with Gasteiger partial charge in [0.05, 0.1) is 28.9 Å². The number of anilines is 2. The molecule has 3 aromatic rings. The molecule has 1 aliphatic rings. The van der Waals surface area contributed by atoms with Gasteiger partial charge in [-0.25, -0.2) is 9.37 Å². The number of rotatable bonds is 4. The molecule has 6 nitrogen and oxygen atoms in total. The molecule has 0 amide bonds. The molecule has 1 aromatic carbocycles. The van der Waals surface area contributed by atoms with Crippen molar-refractivity contribution in [2.75, 3.05) is 24.3 Å². The summed E-state index contributed by atoms with van der Waals surface area (Å²) in [6, 6.07) is 6.32. The Balaban J connectivity index is 1.85. The van der Waals surface area contributed by atoms with Crippen LogP contribution in [0.3, 0.4) is 0 Å². The zero-order chi connectivity index (χ0) is 19.8.